The lowest BCUT2D eigenvalue weighted by Gasteiger charge is -2.10. The first-order valence-corrected chi connectivity index (χ1v) is 7.78. The Hall–Kier alpha value is -2.29. The van der Waals surface area contributed by atoms with Gasteiger partial charge in [-0.3, -0.25) is 4.79 Å². The zero-order chi connectivity index (χ0) is 15.5. The number of ether oxygens (including phenoxy) is 1. The summed E-state index contributed by atoms with van der Waals surface area (Å²) in [6.07, 6.45) is 0.947. The SMILES string of the molecule is CC1Oc2c(C(=O)NCCc3ccccc3)cccc2C1C. The molecule has 0 saturated carbocycles. The van der Waals surface area contributed by atoms with E-state index in [9.17, 15) is 4.79 Å². The second-order valence-corrected chi connectivity index (χ2v) is 5.83. The van der Waals surface area contributed by atoms with Crippen LogP contribution in [0.15, 0.2) is 48.5 Å². The summed E-state index contributed by atoms with van der Waals surface area (Å²) >= 11 is 0. The smallest absolute Gasteiger partial charge is 0.255 e. The molecule has 1 amide bonds. The summed E-state index contributed by atoms with van der Waals surface area (Å²) < 4.78 is 5.88. The van der Waals surface area contributed by atoms with Gasteiger partial charge in [0, 0.05) is 18.0 Å². The molecule has 0 spiro atoms. The molecule has 0 aromatic heterocycles. The Kier molecular flexibility index (Phi) is 4.14. The minimum atomic E-state index is -0.0610. The van der Waals surface area contributed by atoms with Gasteiger partial charge < -0.3 is 10.1 Å². The Bertz CT molecular complexity index is 666. The molecule has 3 nitrogen and oxygen atoms in total. The van der Waals surface area contributed by atoms with Gasteiger partial charge in [0.05, 0.1) is 5.56 Å². The van der Waals surface area contributed by atoms with Gasteiger partial charge in [0.2, 0.25) is 0 Å². The van der Waals surface area contributed by atoms with Gasteiger partial charge in [-0.25, -0.2) is 0 Å². The number of carbonyl (C=O) groups is 1. The summed E-state index contributed by atoms with van der Waals surface area (Å²) in [6, 6.07) is 16.0. The van der Waals surface area contributed by atoms with Gasteiger partial charge in [0.25, 0.3) is 5.91 Å². The number of nitrogens with one attached hydrogen (secondary N) is 1. The minimum absolute atomic E-state index is 0.0610. The molecule has 22 heavy (non-hydrogen) atoms. The van der Waals surface area contributed by atoms with E-state index < -0.39 is 0 Å². The lowest BCUT2D eigenvalue weighted by atomic mass is 9.97. The highest BCUT2D eigenvalue weighted by molar-refractivity contribution is 5.97. The first kappa shape index (κ1) is 14.6. The molecule has 2 aromatic carbocycles. The highest BCUT2D eigenvalue weighted by Gasteiger charge is 2.30. The molecule has 1 aliphatic rings. The maximum absolute atomic E-state index is 12.4. The van der Waals surface area contributed by atoms with Gasteiger partial charge in [-0.2, -0.15) is 0 Å². The van der Waals surface area contributed by atoms with Crippen LogP contribution in [0.5, 0.6) is 5.75 Å². The fourth-order valence-corrected chi connectivity index (χ4v) is 2.82. The van der Waals surface area contributed by atoms with Crippen molar-refractivity contribution in [2.75, 3.05) is 6.54 Å². The van der Waals surface area contributed by atoms with Crippen LogP contribution in [0.2, 0.25) is 0 Å². The number of amides is 1. The van der Waals surface area contributed by atoms with Crippen molar-refractivity contribution >= 4 is 5.91 Å². The van der Waals surface area contributed by atoms with Crippen LogP contribution in [-0.2, 0) is 6.42 Å². The van der Waals surface area contributed by atoms with Crippen molar-refractivity contribution in [2.24, 2.45) is 0 Å². The molecule has 1 aliphatic heterocycles. The molecule has 3 rings (SSSR count). The second kappa shape index (κ2) is 6.22. The number of hydrogen-bond acceptors (Lipinski definition) is 2. The molecule has 0 saturated heterocycles. The molecular weight excluding hydrogens is 274 g/mol. The summed E-state index contributed by atoms with van der Waals surface area (Å²) in [4.78, 5) is 12.4. The molecule has 2 atom stereocenters. The van der Waals surface area contributed by atoms with Gasteiger partial charge in [0.15, 0.2) is 0 Å². The zero-order valence-electron chi connectivity index (χ0n) is 13.0. The van der Waals surface area contributed by atoms with E-state index in [1.54, 1.807) is 0 Å². The Morgan fingerprint density at radius 1 is 1.09 bits per heavy atom. The average molecular weight is 295 g/mol. The molecule has 3 heteroatoms. The van der Waals surface area contributed by atoms with Crippen LogP contribution in [0.4, 0.5) is 0 Å². The Morgan fingerprint density at radius 3 is 2.64 bits per heavy atom. The third kappa shape index (κ3) is 2.84. The van der Waals surface area contributed by atoms with Crippen LogP contribution in [-0.4, -0.2) is 18.6 Å². The third-order valence-corrected chi connectivity index (χ3v) is 4.33. The van der Waals surface area contributed by atoms with Crippen LogP contribution >= 0.6 is 0 Å². The topological polar surface area (TPSA) is 38.3 Å². The Balaban J connectivity index is 1.67. The number of hydrogen-bond donors (Lipinski definition) is 1. The highest BCUT2D eigenvalue weighted by atomic mass is 16.5. The van der Waals surface area contributed by atoms with Gasteiger partial charge in [-0.15, -0.1) is 0 Å². The molecule has 0 radical (unpaired) electrons. The molecule has 2 unspecified atom stereocenters. The van der Waals surface area contributed by atoms with Crippen molar-refractivity contribution in [3.63, 3.8) is 0 Å². The number of benzene rings is 2. The molecule has 0 fully saturated rings. The first-order chi connectivity index (χ1) is 10.7. The van der Waals surface area contributed by atoms with Crippen molar-refractivity contribution in [1.29, 1.82) is 0 Å². The first-order valence-electron chi connectivity index (χ1n) is 7.78. The van der Waals surface area contributed by atoms with Crippen LogP contribution in [0.1, 0.15) is 41.3 Å². The quantitative estimate of drug-likeness (QED) is 0.937. The second-order valence-electron chi connectivity index (χ2n) is 5.83. The predicted octanol–water partition coefficient (Wildman–Crippen LogP) is 3.54. The fourth-order valence-electron chi connectivity index (χ4n) is 2.82. The number of carbonyl (C=O) groups excluding carboxylic acids is 1. The summed E-state index contributed by atoms with van der Waals surface area (Å²) in [5, 5.41) is 2.99. The molecule has 2 aromatic rings. The molecule has 0 bridgehead atoms. The number of fused-ring (bicyclic) bond motifs is 1. The van der Waals surface area contributed by atoms with Crippen molar-refractivity contribution in [2.45, 2.75) is 32.3 Å². The normalized spacial score (nSPS) is 19.4. The van der Waals surface area contributed by atoms with Gasteiger partial charge in [0.1, 0.15) is 11.9 Å². The summed E-state index contributed by atoms with van der Waals surface area (Å²) in [5.41, 5.74) is 2.99. The van der Waals surface area contributed by atoms with Gasteiger partial charge in [-0.1, -0.05) is 49.4 Å². The third-order valence-electron chi connectivity index (χ3n) is 4.33. The Labute approximate surface area is 131 Å². The molecular formula is C19H21NO2. The van der Waals surface area contributed by atoms with E-state index in [-0.39, 0.29) is 12.0 Å². The van der Waals surface area contributed by atoms with E-state index in [0.717, 1.165) is 17.7 Å². The molecule has 114 valence electrons. The van der Waals surface area contributed by atoms with Crippen molar-refractivity contribution in [1.82, 2.24) is 5.32 Å². The molecule has 1 N–H and O–H groups in total. The summed E-state index contributed by atoms with van der Waals surface area (Å²) in [5.74, 6) is 1.01. The van der Waals surface area contributed by atoms with E-state index >= 15 is 0 Å². The largest absolute Gasteiger partial charge is 0.489 e. The van der Waals surface area contributed by atoms with Crippen LogP contribution < -0.4 is 10.1 Å². The maximum Gasteiger partial charge on any atom is 0.255 e. The summed E-state index contributed by atoms with van der Waals surface area (Å²) in [7, 11) is 0. The minimum Gasteiger partial charge on any atom is -0.489 e. The number of rotatable bonds is 4. The molecule has 0 aliphatic carbocycles. The van der Waals surface area contributed by atoms with E-state index in [4.69, 9.17) is 4.74 Å². The monoisotopic (exact) mass is 295 g/mol. The highest BCUT2D eigenvalue weighted by Crippen LogP contribution is 2.40. The van der Waals surface area contributed by atoms with Gasteiger partial charge in [-0.05, 0) is 25.0 Å². The van der Waals surface area contributed by atoms with Crippen LogP contribution in [0, 0.1) is 0 Å². The van der Waals surface area contributed by atoms with E-state index in [1.807, 2.05) is 43.3 Å². The predicted molar refractivity (Wildman–Crippen MR) is 87.4 cm³/mol. The fraction of sp³-hybridized carbons (Fsp3) is 0.316. The van der Waals surface area contributed by atoms with Gasteiger partial charge >= 0.3 is 0 Å². The zero-order valence-corrected chi connectivity index (χ0v) is 13.0. The van der Waals surface area contributed by atoms with Crippen molar-refractivity contribution in [3.8, 4) is 5.75 Å². The van der Waals surface area contributed by atoms with Crippen molar-refractivity contribution < 1.29 is 9.53 Å². The lowest BCUT2D eigenvalue weighted by Crippen LogP contribution is -2.26. The average Bonchev–Trinajstić information content (AvgIpc) is 2.83. The van der Waals surface area contributed by atoms with Crippen LogP contribution in [0.3, 0.4) is 0 Å². The molecule has 1 heterocycles. The van der Waals surface area contributed by atoms with E-state index in [1.165, 1.54) is 5.56 Å². The van der Waals surface area contributed by atoms with E-state index in [0.29, 0.717) is 18.0 Å². The number of para-hydroxylation sites is 1. The lowest BCUT2D eigenvalue weighted by molar-refractivity contribution is 0.0949. The maximum atomic E-state index is 12.4. The standard InChI is InChI=1S/C19H21NO2/c1-13-14(2)22-18-16(13)9-6-10-17(18)19(21)20-12-11-15-7-4-3-5-8-15/h3-10,13-14H,11-12H2,1-2H3,(H,20,21). The van der Waals surface area contributed by atoms with Crippen molar-refractivity contribution in [3.05, 3.63) is 65.2 Å². The summed E-state index contributed by atoms with van der Waals surface area (Å²) in [6.45, 7) is 4.80. The Morgan fingerprint density at radius 2 is 1.86 bits per heavy atom. The van der Waals surface area contributed by atoms with E-state index in [2.05, 4.69) is 24.4 Å². The van der Waals surface area contributed by atoms with Crippen LogP contribution in [0.25, 0.3) is 0 Å².